The maximum absolute atomic E-state index is 14.1. The molecule has 8 nitrogen and oxygen atoms in total. The number of nitrogens with zero attached hydrogens (tertiary/aromatic N) is 6. The summed E-state index contributed by atoms with van der Waals surface area (Å²) in [7, 11) is 0. The molecule has 0 atom stereocenters. The van der Waals surface area contributed by atoms with Gasteiger partial charge in [-0.3, -0.25) is 9.59 Å². The van der Waals surface area contributed by atoms with E-state index in [-0.39, 0.29) is 23.4 Å². The second-order valence-electron chi connectivity index (χ2n) is 7.93. The molecule has 176 valence electrons. The third kappa shape index (κ3) is 5.86. The fraction of sp³-hybridized carbons (Fsp3) is 0.455. The zero-order valence-electron chi connectivity index (χ0n) is 18.4. The molecule has 0 bridgehead atoms. The predicted octanol–water partition coefficient (Wildman–Crippen LogP) is 2.38. The van der Waals surface area contributed by atoms with Gasteiger partial charge >= 0.3 is 0 Å². The van der Waals surface area contributed by atoms with E-state index in [1.807, 2.05) is 11.0 Å². The standard InChI is InChI=1S/C22H26ClFN6O2S/c1-16(31)27-6-12-30(13-7-27)21(32)15-33-22-25-19(23)14-20(26-22)29-10-8-28(9-11-29)18-5-3-2-4-17(18)24/h2-5,14H,6-13,15H2,1H3. The number of hydrogen-bond donors (Lipinski definition) is 0. The van der Waals surface area contributed by atoms with Gasteiger partial charge in [0.15, 0.2) is 5.16 Å². The number of thioether (sulfide) groups is 1. The molecule has 2 saturated heterocycles. The minimum atomic E-state index is -0.220. The van der Waals surface area contributed by atoms with E-state index < -0.39 is 0 Å². The largest absolute Gasteiger partial charge is 0.366 e. The van der Waals surface area contributed by atoms with Crippen molar-refractivity contribution in [1.29, 1.82) is 0 Å². The molecule has 4 rings (SSSR count). The minimum Gasteiger partial charge on any atom is -0.366 e. The zero-order valence-corrected chi connectivity index (χ0v) is 20.0. The third-order valence-electron chi connectivity index (χ3n) is 5.86. The van der Waals surface area contributed by atoms with Crippen molar-refractivity contribution in [3.63, 3.8) is 0 Å². The van der Waals surface area contributed by atoms with Crippen molar-refractivity contribution in [3.8, 4) is 0 Å². The molecule has 0 spiro atoms. The van der Waals surface area contributed by atoms with Gasteiger partial charge in [0.1, 0.15) is 16.8 Å². The Bertz CT molecular complexity index is 1010. The van der Waals surface area contributed by atoms with E-state index in [0.29, 0.717) is 74.2 Å². The molecule has 1 aromatic heterocycles. The fourth-order valence-corrected chi connectivity index (χ4v) is 4.97. The summed E-state index contributed by atoms with van der Waals surface area (Å²) >= 11 is 7.50. The molecule has 1 aromatic carbocycles. The van der Waals surface area contributed by atoms with Crippen molar-refractivity contribution in [3.05, 3.63) is 41.3 Å². The molecule has 2 aliphatic rings. The number of benzene rings is 1. The normalized spacial score (nSPS) is 16.8. The molecule has 2 aliphatic heterocycles. The molecule has 0 saturated carbocycles. The smallest absolute Gasteiger partial charge is 0.233 e. The summed E-state index contributed by atoms with van der Waals surface area (Å²) < 4.78 is 14.1. The minimum absolute atomic E-state index is 0.00757. The molecular formula is C22H26ClFN6O2S. The van der Waals surface area contributed by atoms with Crippen molar-refractivity contribution in [1.82, 2.24) is 19.8 Å². The Morgan fingerprint density at radius 3 is 2.27 bits per heavy atom. The predicted molar refractivity (Wildman–Crippen MR) is 127 cm³/mol. The fourth-order valence-electron chi connectivity index (χ4n) is 3.98. The van der Waals surface area contributed by atoms with Gasteiger partial charge in [0.2, 0.25) is 11.8 Å². The number of aromatic nitrogens is 2. The SMILES string of the molecule is CC(=O)N1CCN(C(=O)CSc2nc(Cl)cc(N3CCN(c4ccccc4F)CC3)n2)CC1. The number of hydrogen-bond acceptors (Lipinski definition) is 7. The molecule has 0 unspecified atom stereocenters. The number of rotatable bonds is 5. The molecular weight excluding hydrogens is 467 g/mol. The van der Waals surface area contributed by atoms with Crippen LogP contribution < -0.4 is 9.80 Å². The van der Waals surface area contributed by atoms with Crippen molar-refractivity contribution in [2.24, 2.45) is 0 Å². The Labute approximate surface area is 201 Å². The Balaban J connectivity index is 1.32. The summed E-state index contributed by atoms with van der Waals surface area (Å²) in [5, 5.41) is 0.770. The molecule has 3 heterocycles. The van der Waals surface area contributed by atoms with Gasteiger partial charge in [-0.25, -0.2) is 14.4 Å². The van der Waals surface area contributed by atoms with E-state index in [2.05, 4.69) is 14.9 Å². The van der Waals surface area contributed by atoms with Crippen LogP contribution in [0.3, 0.4) is 0 Å². The van der Waals surface area contributed by atoms with Crippen LogP contribution in [-0.2, 0) is 9.59 Å². The van der Waals surface area contributed by atoms with Crippen LogP contribution in [0.15, 0.2) is 35.5 Å². The highest BCUT2D eigenvalue weighted by Crippen LogP contribution is 2.25. The summed E-state index contributed by atoms with van der Waals surface area (Å²) in [6.45, 7) is 6.40. The molecule has 33 heavy (non-hydrogen) atoms. The van der Waals surface area contributed by atoms with E-state index in [4.69, 9.17) is 11.6 Å². The van der Waals surface area contributed by atoms with Crippen LogP contribution in [-0.4, -0.2) is 89.7 Å². The number of halogens is 2. The third-order valence-corrected chi connectivity index (χ3v) is 6.89. The summed E-state index contributed by atoms with van der Waals surface area (Å²) in [4.78, 5) is 40.5. The number of para-hydroxylation sites is 1. The Morgan fingerprint density at radius 1 is 0.970 bits per heavy atom. The van der Waals surface area contributed by atoms with Gasteiger partial charge in [-0.15, -0.1) is 0 Å². The first-order valence-corrected chi connectivity index (χ1v) is 12.2. The lowest BCUT2D eigenvalue weighted by molar-refractivity contribution is -0.136. The number of carbonyl (C=O) groups is 2. The Morgan fingerprint density at radius 2 is 1.61 bits per heavy atom. The van der Waals surface area contributed by atoms with Crippen molar-refractivity contribution in [2.45, 2.75) is 12.1 Å². The van der Waals surface area contributed by atoms with Crippen LogP contribution in [0.4, 0.5) is 15.9 Å². The molecule has 0 N–H and O–H groups in total. The molecule has 0 aliphatic carbocycles. The number of carbonyl (C=O) groups excluding carboxylic acids is 2. The van der Waals surface area contributed by atoms with Gasteiger partial charge in [-0.05, 0) is 12.1 Å². The summed E-state index contributed by atoms with van der Waals surface area (Å²) in [5.41, 5.74) is 0.608. The van der Waals surface area contributed by atoms with E-state index >= 15 is 0 Å². The van der Waals surface area contributed by atoms with Crippen molar-refractivity contribution >= 4 is 46.7 Å². The van der Waals surface area contributed by atoms with E-state index in [1.165, 1.54) is 17.8 Å². The summed E-state index contributed by atoms with van der Waals surface area (Å²) in [6.07, 6.45) is 0. The van der Waals surface area contributed by atoms with E-state index in [9.17, 15) is 14.0 Å². The number of amides is 2. The van der Waals surface area contributed by atoms with Gasteiger partial charge in [0, 0.05) is 65.3 Å². The van der Waals surface area contributed by atoms with Gasteiger partial charge in [0.05, 0.1) is 11.4 Å². The Hall–Kier alpha value is -2.59. The zero-order chi connectivity index (χ0) is 23.4. The van der Waals surface area contributed by atoms with Crippen LogP contribution in [0.25, 0.3) is 0 Å². The van der Waals surface area contributed by atoms with Crippen LogP contribution in [0, 0.1) is 5.82 Å². The number of anilines is 2. The molecule has 0 radical (unpaired) electrons. The van der Waals surface area contributed by atoms with Gasteiger partial charge in [-0.1, -0.05) is 35.5 Å². The monoisotopic (exact) mass is 492 g/mol. The first-order chi connectivity index (χ1) is 15.9. The highest BCUT2D eigenvalue weighted by Gasteiger charge is 2.24. The molecule has 11 heteroatoms. The molecule has 2 amide bonds. The van der Waals surface area contributed by atoms with Crippen molar-refractivity contribution < 1.29 is 14.0 Å². The molecule has 2 fully saturated rings. The van der Waals surface area contributed by atoms with Crippen molar-refractivity contribution in [2.75, 3.05) is 67.9 Å². The second kappa shape index (κ2) is 10.6. The second-order valence-corrected chi connectivity index (χ2v) is 9.26. The van der Waals surface area contributed by atoms with Crippen LogP contribution in [0.1, 0.15) is 6.92 Å². The number of piperazine rings is 2. The maximum atomic E-state index is 14.1. The topological polar surface area (TPSA) is 72.9 Å². The first kappa shape index (κ1) is 23.6. The lowest BCUT2D eigenvalue weighted by Crippen LogP contribution is -2.50. The summed E-state index contributed by atoms with van der Waals surface area (Å²) in [5.74, 6) is 0.717. The van der Waals surface area contributed by atoms with Crippen LogP contribution in [0.5, 0.6) is 0 Å². The average Bonchev–Trinajstić information content (AvgIpc) is 2.83. The lowest BCUT2D eigenvalue weighted by atomic mass is 10.2. The van der Waals surface area contributed by atoms with Gasteiger partial charge < -0.3 is 19.6 Å². The average molecular weight is 493 g/mol. The van der Waals surface area contributed by atoms with E-state index in [1.54, 1.807) is 34.9 Å². The lowest BCUT2D eigenvalue weighted by Gasteiger charge is -2.36. The summed E-state index contributed by atoms with van der Waals surface area (Å²) in [6, 6.07) is 8.50. The highest BCUT2D eigenvalue weighted by atomic mass is 35.5. The van der Waals surface area contributed by atoms with Gasteiger partial charge in [0.25, 0.3) is 0 Å². The highest BCUT2D eigenvalue weighted by molar-refractivity contribution is 7.99. The van der Waals surface area contributed by atoms with Gasteiger partial charge in [-0.2, -0.15) is 0 Å². The molecule has 2 aromatic rings. The maximum Gasteiger partial charge on any atom is 0.233 e. The van der Waals surface area contributed by atoms with Crippen LogP contribution >= 0.6 is 23.4 Å². The first-order valence-electron chi connectivity index (χ1n) is 10.9. The van der Waals surface area contributed by atoms with Crippen LogP contribution in [0.2, 0.25) is 5.15 Å². The quantitative estimate of drug-likeness (QED) is 0.360. The Kier molecular flexibility index (Phi) is 7.54. The van der Waals surface area contributed by atoms with E-state index in [0.717, 1.165) is 0 Å².